The van der Waals surface area contributed by atoms with Gasteiger partial charge in [-0.3, -0.25) is 4.79 Å². The van der Waals surface area contributed by atoms with Gasteiger partial charge >= 0.3 is 0 Å². The van der Waals surface area contributed by atoms with Crippen LogP contribution in [0.5, 0.6) is 0 Å². The van der Waals surface area contributed by atoms with Crippen LogP contribution in [0.3, 0.4) is 0 Å². The molecule has 0 amide bonds. The molecule has 0 aliphatic heterocycles. The minimum absolute atomic E-state index is 0.0923. The van der Waals surface area contributed by atoms with Crippen LogP contribution in [-0.2, 0) is 4.79 Å². The fraction of sp³-hybridized carbons (Fsp3) is 0.444. The third-order valence-corrected chi connectivity index (χ3v) is 1.63. The number of carbonyl (C=O) groups excluding carboxylic acids is 1. The third-order valence-electron chi connectivity index (χ3n) is 1.41. The van der Waals surface area contributed by atoms with Gasteiger partial charge in [0.2, 0.25) is 5.12 Å². The standard InChI is InChI=1S/C7H6F2OS.C2H6/c8-4-2-1-3-5(9)6(4)7(10)11;1-2/h2H,1,3H2,(H,10,11);1-2H3. The van der Waals surface area contributed by atoms with E-state index in [4.69, 9.17) is 0 Å². The zero-order chi connectivity index (χ0) is 10.4. The molecule has 0 aromatic rings. The van der Waals surface area contributed by atoms with Crippen molar-refractivity contribution in [3.63, 3.8) is 0 Å². The molecular weight excluding hydrogens is 194 g/mol. The van der Waals surface area contributed by atoms with Crippen LogP contribution >= 0.6 is 12.6 Å². The van der Waals surface area contributed by atoms with Crippen molar-refractivity contribution in [1.29, 1.82) is 0 Å². The van der Waals surface area contributed by atoms with Crippen LogP contribution in [0.4, 0.5) is 8.78 Å². The molecule has 0 radical (unpaired) electrons. The van der Waals surface area contributed by atoms with Gasteiger partial charge in [-0.1, -0.05) is 13.8 Å². The number of halogens is 2. The largest absolute Gasteiger partial charge is 0.282 e. The second kappa shape index (κ2) is 5.91. The molecule has 0 aromatic carbocycles. The van der Waals surface area contributed by atoms with Crippen LogP contribution in [0.25, 0.3) is 0 Å². The smallest absolute Gasteiger partial charge is 0.221 e. The highest BCUT2D eigenvalue weighted by atomic mass is 32.1. The van der Waals surface area contributed by atoms with Gasteiger partial charge in [0.05, 0.1) is 5.57 Å². The monoisotopic (exact) mass is 206 g/mol. The Balaban J connectivity index is 0.000000671. The van der Waals surface area contributed by atoms with Crippen molar-refractivity contribution in [3.05, 3.63) is 23.3 Å². The average molecular weight is 206 g/mol. The van der Waals surface area contributed by atoms with Crippen LogP contribution in [0.15, 0.2) is 23.3 Å². The quantitative estimate of drug-likeness (QED) is 0.651. The predicted molar refractivity (Wildman–Crippen MR) is 51.9 cm³/mol. The molecule has 1 aliphatic carbocycles. The van der Waals surface area contributed by atoms with E-state index in [0.717, 1.165) is 0 Å². The van der Waals surface area contributed by atoms with Gasteiger partial charge in [0.1, 0.15) is 11.7 Å². The highest BCUT2D eigenvalue weighted by molar-refractivity contribution is 7.97. The van der Waals surface area contributed by atoms with Crippen LogP contribution in [0.1, 0.15) is 26.7 Å². The van der Waals surface area contributed by atoms with Gasteiger partial charge in [-0.15, -0.1) is 12.6 Å². The topological polar surface area (TPSA) is 17.1 Å². The molecule has 0 heterocycles. The molecule has 1 aliphatic rings. The summed E-state index contributed by atoms with van der Waals surface area (Å²) in [6.07, 6.45) is 1.59. The number of carbonyl (C=O) groups is 1. The Kier molecular flexibility index (Phi) is 5.62. The molecule has 0 aromatic heterocycles. The summed E-state index contributed by atoms with van der Waals surface area (Å²) in [5, 5.41) is -0.851. The molecule has 0 saturated carbocycles. The molecule has 0 fully saturated rings. The van der Waals surface area contributed by atoms with Crippen molar-refractivity contribution in [1.82, 2.24) is 0 Å². The first-order chi connectivity index (χ1) is 6.13. The van der Waals surface area contributed by atoms with E-state index in [1.165, 1.54) is 6.08 Å². The Hall–Kier alpha value is -0.640. The van der Waals surface area contributed by atoms with Crippen molar-refractivity contribution in [2.24, 2.45) is 0 Å². The predicted octanol–water partition coefficient (Wildman–Crippen LogP) is 3.34. The maximum atomic E-state index is 12.7. The first-order valence-corrected chi connectivity index (χ1v) is 4.55. The van der Waals surface area contributed by atoms with Crippen LogP contribution in [0, 0.1) is 0 Å². The van der Waals surface area contributed by atoms with Gasteiger partial charge in [-0.05, 0) is 12.5 Å². The molecule has 0 spiro atoms. The lowest BCUT2D eigenvalue weighted by atomic mass is 10.1. The molecule has 13 heavy (non-hydrogen) atoms. The zero-order valence-electron chi connectivity index (χ0n) is 7.60. The maximum absolute atomic E-state index is 12.7. The van der Waals surface area contributed by atoms with E-state index in [1.54, 1.807) is 0 Å². The molecule has 1 nitrogen and oxygen atoms in total. The number of allylic oxidation sites excluding steroid dienone is 3. The Morgan fingerprint density at radius 1 is 1.46 bits per heavy atom. The second-order valence-corrected chi connectivity index (χ2v) is 2.58. The first kappa shape index (κ1) is 12.4. The summed E-state index contributed by atoms with van der Waals surface area (Å²) in [5.74, 6) is -1.50. The van der Waals surface area contributed by atoms with E-state index in [1.807, 2.05) is 13.8 Å². The number of hydrogen-bond acceptors (Lipinski definition) is 1. The van der Waals surface area contributed by atoms with Gasteiger partial charge in [0.25, 0.3) is 0 Å². The molecule has 0 saturated heterocycles. The molecule has 0 N–H and O–H groups in total. The number of rotatable bonds is 1. The minimum atomic E-state index is -0.851. The highest BCUT2D eigenvalue weighted by Crippen LogP contribution is 2.28. The molecule has 0 bridgehead atoms. The molecule has 0 atom stereocenters. The van der Waals surface area contributed by atoms with Crippen LogP contribution in [-0.4, -0.2) is 5.12 Å². The van der Waals surface area contributed by atoms with Crippen molar-refractivity contribution >= 4 is 17.7 Å². The Morgan fingerprint density at radius 2 is 2.00 bits per heavy atom. The van der Waals surface area contributed by atoms with Crippen molar-refractivity contribution in [2.45, 2.75) is 26.7 Å². The molecule has 1 rings (SSSR count). The summed E-state index contributed by atoms with van der Waals surface area (Å²) < 4.78 is 25.3. The zero-order valence-corrected chi connectivity index (χ0v) is 8.50. The minimum Gasteiger partial charge on any atom is -0.282 e. The Labute approximate surface area is 81.9 Å². The Morgan fingerprint density at radius 3 is 2.31 bits per heavy atom. The van der Waals surface area contributed by atoms with Gasteiger partial charge in [0, 0.05) is 6.42 Å². The van der Waals surface area contributed by atoms with E-state index in [9.17, 15) is 13.6 Å². The summed E-state index contributed by atoms with van der Waals surface area (Å²) in [5.41, 5.74) is -0.514. The van der Waals surface area contributed by atoms with E-state index < -0.39 is 22.3 Å². The fourth-order valence-electron chi connectivity index (χ4n) is 0.900. The van der Waals surface area contributed by atoms with Crippen molar-refractivity contribution in [3.8, 4) is 0 Å². The van der Waals surface area contributed by atoms with E-state index in [2.05, 4.69) is 12.6 Å². The lowest BCUT2D eigenvalue weighted by molar-refractivity contribution is -0.107. The van der Waals surface area contributed by atoms with Gasteiger partial charge < -0.3 is 0 Å². The molecular formula is C9H12F2OS. The average Bonchev–Trinajstić information content (AvgIpc) is 2.07. The fourth-order valence-corrected chi connectivity index (χ4v) is 1.13. The third kappa shape index (κ3) is 3.30. The first-order valence-electron chi connectivity index (χ1n) is 4.11. The normalized spacial score (nSPS) is 15.9. The van der Waals surface area contributed by atoms with Crippen LogP contribution in [0.2, 0.25) is 0 Å². The van der Waals surface area contributed by atoms with Crippen molar-refractivity contribution in [2.75, 3.05) is 0 Å². The molecule has 0 unspecified atom stereocenters. The summed E-state index contributed by atoms with van der Waals surface area (Å²) >= 11 is 3.34. The molecule has 74 valence electrons. The highest BCUT2D eigenvalue weighted by Gasteiger charge is 2.20. The van der Waals surface area contributed by atoms with Gasteiger partial charge in [-0.2, -0.15) is 0 Å². The van der Waals surface area contributed by atoms with E-state index in [-0.39, 0.29) is 6.42 Å². The summed E-state index contributed by atoms with van der Waals surface area (Å²) in [6.45, 7) is 4.00. The lowest BCUT2D eigenvalue weighted by Crippen LogP contribution is -2.01. The van der Waals surface area contributed by atoms with Gasteiger partial charge in [0.15, 0.2) is 0 Å². The lowest BCUT2D eigenvalue weighted by Gasteiger charge is -2.07. The van der Waals surface area contributed by atoms with E-state index in [0.29, 0.717) is 6.42 Å². The molecule has 4 heteroatoms. The van der Waals surface area contributed by atoms with Crippen LogP contribution < -0.4 is 0 Å². The van der Waals surface area contributed by atoms with Crippen molar-refractivity contribution < 1.29 is 13.6 Å². The second-order valence-electron chi connectivity index (χ2n) is 2.18. The number of hydrogen-bond donors (Lipinski definition) is 1. The van der Waals surface area contributed by atoms with E-state index >= 15 is 0 Å². The summed E-state index contributed by atoms with van der Waals surface area (Å²) in [6, 6.07) is 0. The summed E-state index contributed by atoms with van der Waals surface area (Å²) in [4.78, 5) is 10.5. The number of thiol groups is 1. The maximum Gasteiger partial charge on any atom is 0.221 e. The Bertz CT molecular complexity index is 256. The summed E-state index contributed by atoms with van der Waals surface area (Å²) in [7, 11) is 0. The van der Waals surface area contributed by atoms with Gasteiger partial charge in [-0.25, -0.2) is 8.78 Å². The SMILES string of the molecule is CC.O=C(S)C1=C(F)CCC=C1F.